The molecule has 18 heavy (non-hydrogen) atoms. The average molecular weight is 247 g/mol. The fourth-order valence-corrected chi connectivity index (χ4v) is 1.64. The van der Waals surface area contributed by atoms with Crippen LogP contribution < -0.4 is 0 Å². The first-order valence-corrected chi connectivity index (χ1v) is 5.54. The Labute approximate surface area is 104 Å². The van der Waals surface area contributed by atoms with Crippen molar-refractivity contribution in [2.45, 2.75) is 19.6 Å². The number of nitro groups is 1. The van der Waals surface area contributed by atoms with Crippen molar-refractivity contribution >= 4 is 5.69 Å². The highest BCUT2D eigenvalue weighted by Gasteiger charge is 2.04. The molecule has 2 aromatic rings. The van der Waals surface area contributed by atoms with Crippen molar-refractivity contribution in [2.24, 2.45) is 0 Å². The fraction of sp³-hybridized carbons (Fsp3) is 0.250. The highest BCUT2D eigenvalue weighted by molar-refractivity contribution is 5.32. The number of aliphatic hydroxyl groups is 1. The van der Waals surface area contributed by atoms with Crippen LogP contribution in [0.2, 0.25) is 0 Å². The molecule has 0 aliphatic heterocycles. The quantitative estimate of drug-likeness (QED) is 0.641. The summed E-state index contributed by atoms with van der Waals surface area (Å²) in [5, 5.41) is 23.5. The molecular formula is C12H13N3O3. The lowest BCUT2D eigenvalue weighted by Gasteiger charge is -2.01. The number of hydrogen-bond donors (Lipinski definition) is 1. The summed E-state index contributed by atoms with van der Waals surface area (Å²) in [7, 11) is 0. The average Bonchev–Trinajstić information content (AvgIpc) is 2.85. The largest absolute Gasteiger partial charge is 0.392 e. The molecule has 0 aliphatic carbocycles. The number of nitrogens with zero attached hydrogens (tertiary/aromatic N) is 3. The highest BCUT2D eigenvalue weighted by atomic mass is 16.6. The van der Waals surface area contributed by atoms with E-state index in [4.69, 9.17) is 5.11 Å². The van der Waals surface area contributed by atoms with Crippen molar-refractivity contribution in [3.05, 3.63) is 57.9 Å². The van der Waals surface area contributed by atoms with Gasteiger partial charge < -0.3 is 5.11 Å². The maximum absolute atomic E-state index is 10.5. The monoisotopic (exact) mass is 247 g/mol. The minimum Gasteiger partial charge on any atom is -0.392 e. The Bertz CT molecular complexity index is 534. The van der Waals surface area contributed by atoms with Crippen molar-refractivity contribution in [1.82, 2.24) is 9.78 Å². The molecule has 0 aliphatic rings. The minimum absolute atomic E-state index is 0.0163. The third-order valence-electron chi connectivity index (χ3n) is 2.65. The number of aromatic nitrogens is 2. The minimum atomic E-state index is -0.412. The van der Waals surface area contributed by atoms with E-state index in [1.165, 1.54) is 12.1 Å². The third-order valence-corrected chi connectivity index (χ3v) is 2.65. The first kappa shape index (κ1) is 12.3. The molecule has 0 atom stereocenters. The highest BCUT2D eigenvalue weighted by Crippen LogP contribution is 2.12. The molecule has 1 heterocycles. The molecule has 6 heteroatoms. The van der Waals surface area contributed by atoms with E-state index in [9.17, 15) is 10.1 Å². The predicted octanol–water partition coefficient (Wildman–Crippen LogP) is 1.53. The molecule has 0 radical (unpaired) electrons. The number of non-ortho nitro benzene ring substituents is 1. The second kappa shape index (κ2) is 5.42. The molecule has 0 bridgehead atoms. The second-order valence-corrected chi connectivity index (χ2v) is 3.94. The van der Waals surface area contributed by atoms with Gasteiger partial charge in [-0.05, 0) is 12.0 Å². The van der Waals surface area contributed by atoms with E-state index >= 15 is 0 Å². The molecular weight excluding hydrogens is 234 g/mol. The molecule has 2 rings (SSSR count). The van der Waals surface area contributed by atoms with Crippen LogP contribution in [-0.2, 0) is 19.6 Å². The van der Waals surface area contributed by atoms with Crippen LogP contribution in [-0.4, -0.2) is 19.8 Å². The molecule has 0 fully saturated rings. The lowest BCUT2D eigenvalue weighted by Crippen LogP contribution is -2.01. The Morgan fingerprint density at radius 1 is 1.28 bits per heavy atom. The van der Waals surface area contributed by atoms with E-state index < -0.39 is 4.92 Å². The van der Waals surface area contributed by atoms with Gasteiger partial charge in [0.2, 0.25) is 0 Å². The Morgan fingerprint density at radius 2 is 2.00 bits per heavy atom. The van der Waals surface area contributed by atoms with Crippen molar-refractivity contribution < 1.29 is 10.0 Å². The van der Waals surface area contributed by atoms with Crippen LogP contribution in [0.5, 0.6) is 0 Å². The van der Waals surface area contributed by atoms with Gasteiger partial charge in [0.1, 0.15) is 0 Å². The molecule has 0 saturated heterocycles. The van der Waals surface area contributed by atoms with Gasteiger partial charge in [0.25, 0.3) is 5.69 Å². The Balaban J connectivity index is 1.95. The molecule has 1 aromatic carbocycles. The van der Waals surface area contributed by atoms with E-state index in [2.05, 4.69) is 5.10 Å². The third kappa shape index (κ3) is 2.92. The smallest absolute Gasteiger partial charge is 0.269 e. The zero-order valence-electron chi connectivity index (χ0n) is 9.69. The lowest BCUT2D eigenvalue weighted by molar-refractivity contribution is -0.384. The van der Waals surface area contributed by atoms with Crippen molar-refractivity contribution in [2.75, 3.05) is 0 Å². The van der Waals surface area contributed by atoms with E-state index in [0.29, 0.717) is 6.54 Å². The van der Waals surface area contributed by atoms with Crippen LogP contribution in [0.25, 0.3) is 0 Å². The van der Waals surface area contributed by atoms with Gasteiger partial charge in [-0.1, -0.05) is 12.1 Å². The summed E-state index contributed by atoms with van der Waals surface area (Å²) in [5.74, 6) is 0. The van der Waals surface area contributed by atoms with E-state index in [1.54, 1.807) is 29.2 Å². The zero-order chi connectivity index (χ0) is 13.0. The Hall–Kier alpha value is -2.21. The van der Waals surface area contributed by atoms with Gasteiger partial charge in [0.15, 0.2) is 0 Å². The van der Waals surface area contributed by atoms with Crippen LogP contribution in [0.4, 0.5) is 5.69 Å². The SMILES string of the molecule is O=[N+]([O-])c1ccc(CCn2cc(CO)cn2)cc1. The maximum atomic E-state index is 10.5. The van der Waals surface area contributed by atoms with Gasteiger partial charge in [0.05, 0.1) is 17.7 Å². The molecule has 0 saturated carbocycles. The first-order valence-electron chi connectivity index (χ1n) is 5.54. The molecule has 94 valence electrons. The number of aryl methyl sites for hydroxylation is 2. The summed E-state index contributed by atoms with van der Waals surface area (Å²) in [4.78, 5) is 10.1. The first-order chi connectivity index (χ1) is 8.69. The number of benzene rings is 1. The molecule has 1 N–H and O–H groups in total. The number of aliphatic hydroxyl groups excluding tert-OH is 1. The summed E-state index contributed by atoms with van der Waals surface area (Å²) < 4.78 is 1.74. The van der Waals surface area contributed by atoms with Crippen molar-refractivity contribution in [3.8, 4) is 0 Å². The van der Waals surface area contributed by atoms with Gasteiger partial charge >= 0.3 is 0 Å². The van der Waals surface area contributed by atoms with Gasteiger partial charge in [-0.15, -0.1) is 0 Å². The molecule has 0 unspecified atom stereocenters. The summed E-state index contributed by atoms with van der Waals surface area (Å²) in [6, 6.07) is 6.48. The molecule has 6 nitrogen and oxygen atoms in total. The lowest BCUT2D eigenvalue weighted by atomic mass is 10.1. The van der Waals surface area contributed by atoms with Gasteiger partial charge in [0, 0.05) is 30.4 Å². The number of nitro benzene ring substituents is 1. The molecule has 1 aromatic heterocycles. The second-order valence-electron chi connectivity index (χ2n) is 3.94. The van der Waals surface area contributed by atoms with Crippen LogP contribution in [0.15, 0.2) is 36.7 Å². The Morgan fingerprint density at radius 3 is 2.56 bits per heavy atom. The number of hydrogen-bond acceptors (Lipinski definition) is 4. The standard InChI is InChI=1S/C12H13N3O3/c16-9-11-7-13-14(8-11)6-5-10-1-3-12(4-2-10)15(17)18/h1-4,7-8,16H,5-6,9H2. The van der Waals surface area contributed by atoms with Crippen molar-refractivity contribution in [3.63, 3.8) is 0 Å². The molecule has 0 amide bonds. The van der Waals surface area contributed by atoms with Crippen LogP contribution >= 0.6 is 0 Å². The van der Waals surface area contributed by atoms with E-state index in [-0.39, 0.29) is 12.3 Å². The van der Waals surface area contributed by atoms with Gasteiger partial charge in [-0.2, -0.15) is 5.10 Å². The van der Waals surface area contributed by atoms with Crippen LogP contribution in [0.1, 0.15) is 11.1 Å². The van der Waals surface area contributed by atoms with Crippen LogP contribution in [0.3, 0.4) is 0 Å². The predicted molar refractivity (Wildman–Crippen MR) is 65.0 cm³/mol. The van der Waals surface area contributed by atoms with Gasteiger partial charge in [-0.3, -0.25) is 14.8 Å². The molecule has 0 spiro atoms. The van der Waals surface area contributed by atoms with Crippen LogP contribution in [0, 0.1) is 10.1 Å². The van der Waals surface area contributed by atoms with E-state index in [1.807, 2.05) is 0 Å². The zero-order valence-corrected chi connectivity index (χ0v) is 9.69. The summed E-state index contributed by atoms with van der Waals surface area (Å²) in [6.45, 7) is 0.662. The summed E-state index contributed by atoms with van der Waals surface area (Å²) in [6.07, 6.45) is 4.14. The maximum Gasteiger partial charge on any atom is 0.269 e. The fourth-order valence-electron chi connectivity index (χ4n) is 1.64. The Kier molecular flexibility index (Phi) is 3.69. The number of rotatable bonds is 5. The summed E-state index contributed by atoms with van der Waals surface area (Å²) in [5.41, 5.74) is 1.89. The topological polar surface area (TPSA) is 81.2 Å². The van der Waals surface area contributed by atoms with Crippen molar-refractivity contribution in [1.29, 1.82) is 0 Å². The van der Waals surface area contributed by atoms with Gasteiger partial charge in [-0.25, -0.2) is 0 Å². The summed E-state index contributed by atoms with van der Waals surface area (Å²) >= 11 is 0. The van der Waals surface area contributed by atoms with E-state index in [0.717, 1.165) is 17.5 Å². The normalized spacial score (nSPS) is 10.5.